The van der Waals surface area contributed by atoms with E-state index in [4.69, 9.17) is 0 Å². The fraction of sp³-hybridized carbons (Fsp3) is 0.444. The van der Waals surface area contributed by atoms with Crippen LogP contribution < -0.4 is 5.32 Å². The molecule has 0 spiro atoms. The number of amides is 1. The number of anilines is 1. The van der Waals surface area contributed by atoms with Gasteiger partial charge in [0, 0.05) is 30.1 Å². The standard InChI is InChI=1S/C18H23N3O2S/c1-13-17(24-12-20-13)8-9-19-16-7-3-2-6-15(16)18(23)21-10-4-5-14(21)11-22/h2-3,6-7,12,14,19,22H,4-5,8-11H2,1H3. The number of carbonyl (C=O) groups is 1. The number of aliphatic hydroxyl groups is 1. The maximum atomic E-state index is 12.8. The number of para-hydroxylation sites is 1. The summed E-state index contributed by atoms with van der Waals surface area (Å²) in [5, 5.41) is 12.8. The zero-order valence-electron chi connectivity index (χ0n) is 13.9. The van der Waals surface area contributed by atoms with E-state index in [0.29, 0.717) is 5.56 Å². The van der Waals surface area contributed by atoms with E-state index in [1.165, 1.54) is 4.88 Å². The number of likely N-dealkylation sites (tertiary alicyclic amines) is 1. The van der Waals surface area contributed by atoms with Crippen molar-refractivity contribution in [2.75, 3.05) is 25.0 Å². The molecule has 0 radical (unpaired) electrons. The molecule has 2 N–H and O–H groups in total. The van der Waals surface area contributed by atoms with Gasteiger partial charge in [0.15, 0.2) is 0 Å². The highest BCUT2D eigenvalue weighted by Gasteiger charge is 2.29. The van der Waals surface area contributed by atoms with Crippen molar-refractivity contribution in [2.45, 2.75) is 32.2 Å². The molecule has 128 valence electrons. The monoisotopic (exact) mass is 345 g/mol. The van der Waals surface area contributed by atoms with Crippen LogP contribution in [0.4, 0.5) is 5.69 Å². The van der Waals surface area contributed by atoms with Crippen LogP contribution >= 0.6 is 11.3 Å². The van der Waals surface area contributed by atoms with Gasteiger partial charge >= 0.3 is 0 Å². The Balaban J connectivity index is 1.68. The molecule has 0 saturated carbocycles. The van der Waals surface area contributed by atoms with Crippen LogP contribution in [-0.2, 0) is 6.42 Å². The van der Waals surface area contributed by atoms with E-state index >= 15 is 0 Å². The molecule has 0 bridgehead atoms. The van der Waals surface area contributed by atoms with Crippen LogP contribution in [0.2, 0.25) is 0 Å². The first-order valence-corrected chi connectivity index (χ1v) is 9.22. The van der Waals surface area contributed by atoms with Gasteiger partial charge in [0.2, 0.25) is 0 Å². The highest BCUT2D eigenvalue weighted by Crippen LogP contribution is 2.24. The zero-order chi connectivity index (χ0) is 16.9. The average molecular weight is 345 g/mol. The molecule has 1 aliphatic heterocycles. The second kappa shape index (κ2) is 7.77. The summed E-state index contributed by atoms with van der Waals surface area (Å²) in [6, 6.07) is 7.57. The molecule has 24 heavy (non-hydrogen) atoms. The van der Waals surface area contributed by atoms with Gasteiger partial charge in [-0.1, -0.05) is 12.1 Å². The van der Waals surface area contributed by atoms with Crippen LogP contribution in [0.3, 0.4) is 0 Å². The topological polar surface area (TPSA) is 65.5 Å². The lowest BCUT2D eigenvalue weighted by Gasteiger charge is -2.24. The summed E-state index contributed by atoms with van der Waals surface area (Å²) in [7, 11) is 0. The van der Waals surface area contributed by atoms with Crippen molar-refractivity contribution in [1.29, 1.82) is 0 Å². The molecule has 0 aliphatic carbocycles. The van der Waals surface area contributed by atoms with Crippen molar-refractivity contribution in [3.05, 3.63) is 45.9 Å². The van der Waals surface area contributed by atoms with Gasteiger partial charge < -0.3 is 15.3 Å². The second-order valence-electron chi connectivity index (χ2n) is 6.06. The lowest BCUT2D eigenvalue weighted by molar-refractivity contribution is 0.0678. The Morgan fingerprint density at radius 2 is 2.29 bits per heavy atom. The highest BCUT2D eigenvalue weighted by molar-refractivity contribution is 7.09. The Morgan fingerprint density at radius 1 is 1.46 bits per heavy atom. The van der Waals surface area contributed by atoms with Crippen LogP contribution in [0.15, 0.2) is 29.8 Å². The molecule has 1 aromatic carbocycles. The van der Waals surface area contributed by atoms with E-state index in [-0.39, 0.29) is 18.6 Å². The Bertz CT molecular complexity index is 701. The molecule has 1 saturated heterocycles. The number of aromatic nitrogens is 1. The summed E-state index contributed by atoms with van der Waals surface area (Å²) in [5.74, 6) is 0.00335. The summed E-state index contributed by atoms with van der Waals surface area (Å²) < 4.78 is 0. The molecular formula is C18H23N3O2S. The number of nitrogens with one attached hydrogen (secondary N) is 1. The largest absolute Gasteiger partial charge is 0.394 e. The number of nitrogens with zero attached hydrogens (tertiary/aromatic N) is 2. The second-order valence-corrected chi connectivity index (χ2v) is 7.00. The van der Waals surface area contributed by atoms with E-state index in [9.17, 15) is 9.90 Å². The third-order valence-corrected chi connectivity index (χ3v) is 5.51. The molecule has 1 atom stereocenters. The normalized spacial score (nSPS) is 17.2. The summed E-state index contributed by atoms with van der Waals surface area (Å²) in [6.07, 6.45) is 2.72. The molecule has 1 unspecified atom stereocenters. The third kappa shape index (κ3) is 3.60. The number of thiazole rings is 1. The summed E-state index contributed by atoms with van der Waals surface area (Å²) in [4.78, 5) is 20.2. The molecule has 2 heterocycles. The van der Waals surface area contributed by atoms with Gasteiger partial charge in [0.25, 0.3) is 5.91 Å². The predicted octanol–water partition coefficient (Wildman–Crippen LogP) is 2.70. The van der Waals surface area contributed by atoms with Crippen LogP contribution in [-0.4, -0.2) is 46.6 Å². The molecule has 6 heteroatoms. The zero-order valence-corrected chi connectivity index (χ0v) is 14.7. The van der Waals surface area contributed by atoms with Crippen LogP contribution in [0.5, 0.6) is 0 Å². The number of carbonyl (C=O) groups excluding carboxylic acids is 1. The van der Waals surface area contributed by atoms with Crippen molar-refractivity contribution in [3.8, 4) is 0 Å². The SMILES string of the molecule is Cc1ncsc1CCNc1ccccc1C(=O)N1CCCC1CO. The van der Waals surface area contributed by atoms with E-state index in [1.54, 1.807) is 16.2 Å². The van der Waals surface area contributed by atoms with Crippen LogP contribution in [0, 0.1) is 6.92 Å². The van der Waals surface area contributed by atoms with Crippen molar-refractivity contribution in [2.24, 2.45) is 0 Å². The van der Waals surface area contributed by atoms with Gasteiger partial charge in [-0.3, -0.25) is 4.79 Å². The van der Waals surface area contributed by atoms with E-state index in [2.05, 4.69) is 10.3 Å². The molecule has 1 fully saturated rings. The van der Waals surface area contributed by atoms with E-state index < -0.39 is 0 Å². The minimum absolute atomic E-state index is 0.00335. The Morgan fingerprint density at radius 3 is 3.04 bits per heavy atom. The quantitative estimate of drug-likeness (QED) is 0.845. The molecule has 2 aromatic rings. The van der Waals surface area contributed by atoms with Crippen LogP contribution in [0.25, 0.3) is 0 Å². The number of aryl methyl sites for hydroxylation is 1. The fourth-order valence-electron chi connectivity index (χ4n) is 3.15. The third-order valence-electron chi connectivity index (χ3n) is 4.52. The highest BCUT2D eigenvalue weighted by atomic mass is 32.1. The van der Waals surface area contributed by atoms with Gasteiger partial charge in [-0.2, -0.15) is 0 Å². The van der Waals surface area contributed by atoms with Crippen molar-refractivity contribution in [3.63, 3.8) is 0 Å². The van der Waals surface area contributed by atoms with E-state index in [1.807, 2.05) is 36.7 Å². The Hall–Kier alpha value is -1.92. The average Bonchev–Trinajstić information content (AvgIpc) is 3.23. The maximum absolute atomic E-state index is 12.8. The smallest absolute Gasteiger partial charge is 0.256 e. The van der Waals surface area contributed by atoms with Crippen molar-refractivity contribution < 1.29 is 9.90 Å². The summed E-state index contributed by atoms with van der Waals surface area (Å²) in [6.45, 7) is 3.53. The first kappa shape index (κ1) is 16.9. The summed E-state index contributed by atoms with van der Waals surface area (Å²) >= 11 is 1.66. The maximum Gasteiger partial charge on any atom is 0.256 e. The van der Waals surface area contributed by atoms with Gasteiger partial charge in [-0.15, -0.1) is 11.3 Å². The summed E-state index contributed by atoms with van der Waals surface area (Å²) in [5.41, 5.74) is 4.48. The number of hydrogen-bond donors (Lipinski definition) is 2. The number of hydrogen-bond acceptors (Lipinski definition) is 5. The van der Waals surface area contributed by atoms with Crippen molar-refractivity contribution >= 4 is 22.9 Å². The number of aliphatic hydroxyl groups excluding tert-OH is 1. The molecule has 1 amide bonds. The first-order valence-electron chi connectivity index (χ1n) is 8.34. The van der Waals surface area contributed by atoms with Gasteiger partial charge in [0.1, 0.15) is 0 Å². The minimum atomic E-state index is -0.0506. The fourth-order valence-corrected chi connectivity index (χ4v) is 3.93. The molecule has 5 nitrogen and oxygen atoms in total. The van der Waals surface area contributed by atoms with Gasteiger partial charge in [-0.05, 0) is 31.9 Å². The minimum Gasteiger partial charge on any atom is -0.394 e. The first-order chi connectivity index (χ1) is 11.7. The van der Waals surface area contributed by atoms with E-state index in [0.717, 1.165) is 43.7 Å². The molecular weight excluding hydrogens is 322 g/mol. The molecule has 1 aliphatic rings. The lowest BCUT2D eigenvalue weighted by atomic mass is 10.1. The van der Waals surface area contributed by atoms with Gasteiger partial charge in [0.05, 0.1) is 29.4 Å². The van der Waals surface area contributed by atoms with Crippen molar-refractivity contribution in [1.82, 2.24) is 9.88 Å². The lowest BCUT2D eigenvalue weighted by Crippen LogP contribution is -2.38. The Kier molecular flexibility index (Phi) is 5.48. The number of benzene rings is 1. The Labute approximate surface area is 146 Å². The predicted molar refractivity (Wildman–Crippen MR) is 96.6 cm³/mol. The molecule has 3 rings (SSSR count). The number of rotatable bonds is 6. The van der Waals surface area contributed by atoms with Crippen LogP contribution in [0.1, 0.15) is 33.8 Å². The molecule has 1 aromatic heterocycles. The van der Waals surface area contributed by atoms with Gasteiger partial charge in [-0.25, -0.2) is 4.98 Å².